The third-order valence-corrected chi connectivity index (χ3v) is 4.09. The van der Waals surface area contributed by atoms with E-state index in [4.69, 9.17) is 10.5 Å². The van der Waals surface area contributed by atoms with E-state index >= 15 is 0 Å². The Morgan fingerprint density at radius 3 is 2.89 bits per heavy atom. The Labute approximate surface area is 116 Å². The first-order valence-corrected chi connectivity index (χ1v) is 6.70. The number of hydrogen-bond donors (Lipinski definition) is 1. The summed E-state index contributed by atoms with van der Waals surface area (Å²) in [4.78, 5) is 6.49. The van der Waals surface area contributed by atoms with Crippen molar-refractivity contribution in [1.82, 2.24) is 4.90 Å². The fourth-order valence-electron chi connectivity index (χ4n) is 2.33. The molecule has 18 heavy (non-hydrogen) atoms. The number of benzene rings is 1. The van der Waals surface area contributed by atoms with Gasteiger partial charge in [0.2, 0.25) is 0 Å². The van der Waals surface area contributed by atoms with Crippen molar-refractivity contribution < 1.29 is 4.74 Å². The van der Waals surface area contributed by atoms with E-state index in [-0.39, 0.29) is 5.54 Å². The van der Waals surface area contributed by atoms with Crippen LogP contribution in [0.25, 0.3) is 0 Å². The smallest absolute Gasteiger partial charge is 0.192 e. The average molecular weight is 312 g/mol. The number of rotatable bonds is 4. The van der Waals surface area contributed by atoms with Gasteiger partial charge in [0.25, 0.3) is 0 Å². The summed E-state index contributed by atoms with van der Waals surface area (Å²) in [6.07, 6.45) is 0. The van der Waals surface area contributed by atoms with Crippen LogP contribution in [0, 0.1) is 0 Å². The molecule has 1 aliphatic heterocycles. The third kappa shape index (κ3) is 2.24. The highest BCUT2D eigenvalue weighted by Gasteiger charge is 2.40. The Morgan fingerprint density at radius 1 is 1.50 bits per heavy atom. The van der Waals surface area contributed by atoms with Gasteiger partial charge in [-0.2, -0.15) is 0 Å². The van der Waals surface area contributed by atoms with Gasteiger partial charge in [-0.1, -0.05) is 34.1 Å². The molecule has 0 radical (unpaired) electrons. The van der Waals surface area contributed by atoms with Gasteiger partial charge in [0.15, 0.2) is 5.96 Å². The molecule has 0 amide bonds. The summed E-state index contributed by atoms with van der Waals surface area (Å²) in [6, 6.07) is 8.20. The Kier molecular flexibility index (Phi) is 3.92. The van der Waals surface area contributed by atoms with Gasteiger partial charge in [-0.25, -0.2) is 0 Å². The summed E-state index contributed by atoms with van der Waals surface area (Å²) in [5.74, 6) is 0.588. The molecule has 0 aliphatic carbocycles. The minimum atomic E-state index is -0.206. The molecule has 0 fully saturated rings. The molecular weight excluding hydrogens is 294 g/mol. The maximum Gasteiger partial charge on any atom is 0.192 e. The van der Waals surface area contributed by atoms with Crippen LogP contribution in [-0.4, -0.2) is 37.7 Å². The van der Waals surface area contributed by atoms with Gasteiger partial charge < -0.3 is 15.4 Å². The normalized spacial score (nSPS) is 23.3. The molecule has 4 nitrogen and oxygen atoms in total. The first-order chi connectivity index (χ1) is 8.59. The molecule has 0 bridgehead atoms. The molecule has 1 unspecified atom stereocenters. The van der Waals surface area contributed by atoms with Crippen molar-refractivity contribution in [2.45, 2.75) is 12.5 Å². The van der Waals surface area contributed by atoms with Crippen molar-refractivity contribution in [2.75, 3.05) is 26.8 Å². The number of methoxy groups -OCH3 is 1. The van der Waals surface area contributed by atoms with E-state index in [0.29, 0.717) is 19.1 Å². The van der Waals surface area contributed by atoms with Crippen LogP contribution in [0.4, 0.5) is 0 Å². The van der Waals surface area contributed by atoms with Crippen LogP contribution >= 0.6 is 15.9 Å². The van der Waals surface area contributed by atoms with Gasteiger partial charge in [0, 0.05) is 18.1 Å². The zero-order valence-corrected chi connectivity index (χ0v) is 12.3. The van der Waals surface area contributed by atoms with Crippen molar-refractivity contribution in [1.29, 1.82) is 0 Å². The lowest BCUT2D eigenvalue weighted by atomic mass is 9.91. The Hall–Kier alpha value is -1.07. The van der Waals surface area contributed by atoms with Crippen molar-refractivity contribution in [2.24, 2.45) is 10.7 Å². The molecule has 1 aromatic carbocycles. The summed E-state index contributed by atoms with van der Waals surface area (Å²) in [5, 5.41) is 0. The van der Waals surface area contributed by atoms with E-state index in [1.54, 1.807) is 7.11 Å². The summed E-state index contributed by atoms with van der Waals surface area (Å²) in [6.45, 7) is 4.21. The molecule has 0 aromatic heterocycles. The lowest BCUT2D eigenvalue weighted by Gasteiger charge is -2.37. The van der Waals surface area contributed by atoms with Crippen molar-refractivity contribution in [3.8, 4) is 0 Å². The predicted octanol–water partition coefficient (Wildman–Crippen LogP) is 1.94. The van der Waals surface area contributed by atoms with Gasteiger partial charge in [-0.15, -0.1) is 0 Å². The highest BCUT2D eigenvalue weighted by atomic mass is 79.9. The lowest BCUT2D eigenvalue weighted by molar-refractivity contribution is 0.136. The molecule has 1 heterocycles. The molecule has 1 aromatic rings. The monoisotopic (exact) mass is 311 g/mol. The minimum absolute atomic E-state index is 0.206. The second kappa shape index (κ2) is 5.28. The molecule has 98 valence electrons. The fourth-order valence-corrected chi connectivity index (χ4v) is 3.04. The van der Waals surface area contributed by atoms with Gasteiger partial charge in [-0.3, -0.25) is 4.99 Å². The second-order valence-electron chi connectivity index (χ2n) is 4.57. The van der Waals surface area contributed by atoms with Crippen molar-refractivity contribution in [3.63, 3.8) is 0 Å². The minimum Gasteiger partial charge on any atom is -0.383 e. The van der Waals surface area contributed by atoms with Crippen LogP contribution in [0.5, 0.6) is 0 Å². The molecule has 2 rings (SSSR count). The summed E-state index contributed by atoms with van der Waals surface area (Å²) in [7, 11) is 1.69. The van der Waals surface area contributed by atoms with Crippen LogP contribution in [0.2, 0.25) is 0 Å². The second-order valence-corrected chi connectivity index (χ2v) is 5.43. The first kappa shape index (κ1) is 13.4. The van der Waals surface area contributed by atoms with Crippen LogP contribution in [0.15, 0.2) is 33.7 Å². The maximum atomic E-state index is 5.99. The van der Waals surface area contributed by atoms with E-state index in [1.807, 2.05) is 18.2 Å². The van der Waals surface area contributed by atoms with Gasteiger partial charge in [0.05, 0.1) is 18.7 Å². The fraction of sp³-hybridized carbons (Fsp3) is 0.462. The summed E-state index contributed by atoms with van der Waals surface area (Å²) < 4.78 is 6.23. The lowest BCUT2D eigenvalue weighted by Crippen LogP contribution is -2.49. The van der Waals surface area contributed by atoms with E-state index in [1.165, 1.54) is 5.56 Å². The first-order valence-electron chi connectivity index (χ1n) is 5.91. The largest absolute Gasteiger partial charge is 0.383 e. The quantitative estimate of drug-likeness (QED) is 0.924. The number of nitrogens with zero attached hydrogens (tertiary/aromatic N) is 2. The average Bonchev–Trinajstić information content (AvgIpc) is 2.64. The number of guanidine groups is 1. The van der Waals surface area contributed by atoms with E-state index in [9.17, 15) is 0 Å². The maximum absolute atomic E-state index is 5.99. The Morgan fingerprint density at radius 2 is 2.22 bits per heavy atom. The number of halogens is 1. The molecular formula is C13H18BrN3O. The Balaban J connectivity index is 2.32. The molecule has 5 heteroatoms. The molecule has 1 atom stereocenters. The number of ether oxygens (including phenoxy) is 1. The molecule has 0 saturated carbocycles. The van der Waals surface area contributed by atoms with Gasteiger partial charge in [-0.05, 0) is 18.6 Å². The van der Waals surface area contributed by atoms with Gasteiger partial charge in [0.1, 0.15) is 0 Å². The number of hydrogen-bond acceptors (Lipinski definition) is 4. The van der Waals surface area contributed by atoms with Crippen LogP contribution in [0.1, 0.15) is 12.5 Å². The van der Waals surface area contributed by atoms with Crippen LogP contribution in [0.3, 0.4) is 0 Å². The van der Waals surface area contributed by atoms with E-state index < -0.39 is 0 Å². The van der Waals surface area contributed by atoms with Crippen LogP contribution in [-0.2, 0) is 10.3 Å². The van der Waals surface area contributed by atoms with Crippen molar-refractivity contribution >= 4 is 21.9 Å². The molecule has 1 aliphatic rings. The summed E-state index contributed by atoms with van der Waals surface area (Å²) in [5.41, 5.74) is 6.98. The highest BCUT2D eigenvalue weighted by molar-refractivity contribution is 9.10. The predicted molar refractivity (Wildman–Crippen MR) is 76.6 cm³/mol. The van der Waals surface area contributed by atoms with E-state index in [2.05, 4.69) is 38.8 Å². The van der Waals surface area contributed by atoms with Crippen molar-refractivity contribution in [3.05, 3.63) is 34.3 Å². The third-order valence-electron chi connectivity index (χ3n) is 3.39. The topological polar surface area (TPSA) is 50.9 Å². The zero-order valence-electron chi connectivity index (χ0n) is 10.7. The number of nitrogens with two attached hydrogens (primary N) is 1. The molecule has 2 N–H and O–H groups in total. The van der Waals surface area contributed by atoms with E-state index in [0.717, 1.165) is 11.0 Å². The Bertz CT molecular complexity index is 463. The standard InChI is InChI=1S/C13H18BrN3O/c1-13(10-5-3-4-6-11(10)14)9-16-12(15)17(13)7-8-18-2/h3-6H,7-9H2,1-2H3,(H2,15,16). The highest BCUT2D eigenvalue weighted by Crippen LogP contribution is 2.36. The summed E-state index contributed by atoms with van der Waals surface area (Å²) >= 11 is 3.61. The zero-order chi connectivity index (χ0) is 13.2. The SMILES string of the molecule is COCCN1C(N)=NCC1(C)c1ccccc1Br. The van der Waals surface area contributed by atoms with Crippen LogP contribution < -0.4 is 5.73 Å². The molecule has 0 saturated heterocycles. The van der Waals surface area contributed by atoms with Gasteiger partial charge >= 0.3 is 0 Å². The molecule has 0 spiro atoms. The number of aliphatic imine (C=N–C) groups is 1.